The van der Waals surface area contributed by atoms with Crippen molar-refractivity contribution in [3.63, 3.8) is 0 Å². The van der Waals surface area contributed by atoms with Crippen LogP contribution in [0.15, 0.2) is 24.3 Å². The van der Waals surface area contributed by atoms with Gasteiger partial charge < -0.3 is 10.2 Å². The first-order valence-corrected chi connectivity index (χ1v) is 13.5. The molecule has 1 aromatic rings. The smallest absolute Gasteiger partial charge is 0.238 e. The highest BCUT2D eigenvalue weighted by molar-refractivity contribution is 7.99. The average molecular weight is 459 g/mol. The van der Waals surface area contributed by atoms with Gasteiger partial charge in [0.05, 0.1) is 6.54 Å². The Morgan fingerprint density at radius 2 is 1.62 bits per heavy atom. The number of nitrogens with zero attached hydrogens (tertiary/aromatic N) is 3. The molecule has 176 valence electrons. The van der Waals surface area contributed by atoms with Crippen LogP contribution in [0.5, 0.6) is 0 Å². The minimum absolute atomic E-state index is 0.0359. The Labute approximate surface area is 197 Å². The van der Waals surface area contributed by atoms with Gasteiger partial charge in [-0.1, -0.05) is 25.0 Å². The molecule has 0 bridgehead atoms. The highest BCUT2D eigenvalue weighted by Gasteiger charge is 2.29. The predicted octanol–water partition coefficient (Wildman–Crippen LogP) is 3.29. The number of likely N-dealkylation sites (tertiary alicyclic amines) is 2. The van der Waals surface area contributed by atoms with Crippen LogP contribution >= 0.6 is 11.8 Å². The highest BCUT2D eigenvalue weighted by atomic mass is 32.2. The molecule has 0 radical (unpaired) electrons. The van der Waals surface area contributed by atoms with Crippen molar-refractivity contribution >= 4 is 29.3 Å². The zero-order valence-corrected chi connectivity index (χ0v) is 20.1. The maximum absolute atomic E-state index is 12.9. The van der Waals surface area contributed by atoms with Gasteiger partial charge in [0.2, 0.25) is 11.8 Å². The monoisotopic (exact) mass is 458 g/mol. The van der Waals surface area contributed by atoms with E-state index in [-0.39, 0.29) is 11.8 Å². The summed E-state index contributed by atoms with van der Waals surface area (Å²) in [5.74, 6) is 2.93. The van der Waals surface area contributed by atoms with Gasteiger partial charge in [-0.2, -0.15) is 11.8 Å². The number of carbonyl (C=O) groups excluding carboxylic acids is 2. The van der Waals surface area contributed by atoms with Gasteiger partial charge in [0.1, 0.15) is 0 Å². The van der Waals surface area contributed by atoms with Crippen LogP contribution in [0.2, 0.25) is 0 Å². The van der Waals surface area contributed by atoms with Crippen LogP contribution < -0.4 is 5.32 Å². The summed E-state index contributed by atoms with van der Waals surface area (Å²) < 4.78 is 0. The molecule has 0 atom stereocenters. The van der Waals surface area contributed by atoms with Gasteiger partial charge in [-0.15, -0.1) is 0 Å². The lowest BCUT2D eigenvalue weighted by atomic mass is 9.95. The molecule has 1 aromatic carbocycles. The second-order valence-corrected chi connectivity index (χ2v) is 10.7. The second kappa shape index (κ2) is 12.1. The Morgan fingerprint density at radius 3 is 2.34 bits per heavy atom. The first kappa shape index (κ1) is 23.6. The fourth-order valence-corrected chi connectivity index (χ4v) is 6.03. The zero-order valence-electron chi connectivity index (χ0n) is 19.3. The van der Waals surface area contributed by atoms with Crippen molar-refractivity contribution in [3.8, 4) is 0 Å². The van der Waals surface area contributed by atoms with E-state index in [0.29, 0.717) is 12.5 Å². The first-order chi connectivity index (χ1) is 15.7. The van der Waals surface area contributed by atoms with Crippen molar-refractivity contribution in [2.45, 2.75) is 45.1 Å². The van der Waals surface area contributed by atoms with E-state index in [4.69, 9.17) is 0 Å². The SMILES string of the molecule is O=C(CN1CCC(C(=O)N2CCCCCC2)CC1)Nc1cccc(CN2CCSCC2)c1. The molecule has 2 amide bonds. The number of hydrogen-bond acceptors (Lipinski definition) is 5. The predicted molar refractivity (Wildman–Crippen MR) is 132 cm³/mol. The van der Waals surface area contributed by atoms with E-state index in [1.54, 1.807) is 0 Å². The topological polar surface area (TPSA) is 55.9 Å². The van der Waals surface area contributed by atoms with Gasteiger partial charge in [-0.3, -0.25) is 19.4 Å². The number of carbonyl (C=O) groups is 2. The third-order valence-corrected chi connectivity index (χ3v) is 7.88. The lowest BCUT2D eigenvalue weighted by Crippen LogP contribution is -2.44. The minimum atomic E-state index is 0.0359. The number of hydrogen-bond donors (Lipinski definition) is 1. The number of thioether (sulfide) groups is 1. The number of anilines is 1. The third kappa shape index (κ3) is 6.96. The van der Waals surface area contributed by atoms with E-state index in [2.05, 4.69) is 32.1 Å². The number of piperidine rings is 1. The van der Waals surface area contributed by atoms with Crippen LogP contribution in [-0.4, -0.2) is 83.8 Å². The molecule has 6 nitrogen and oxygen atoms in total. The average Bonchev–Trinajstić information content (AvgIpc) is 3.10. The number of benzene rings is 1. The van der Waals surface area contributed by atoms with E-state index in [1.165, 1.54) is 29.9 Å². The zero-order chi connectivity index (χ0) is 22.2. The quantitative estimate of drug-likeness (QED) is 0.709. The molecule has 32 heavy (non-hydrogen) atoms. The molecule has 0 aromatic heterocycles. The summed E-state index contributed by atoms with van der Waals surface area (Å²) in [5, 5.41) is 3.08. The summed E-state index contributed by atoms with van der Waals surface area (Å²) in [4.78, 5) is 32.3. The molecule has 0 spiro atoms. The molecular weight excluding hydrogens is 420 g/mol. The van der Waals surface area contributed by atoms with E-state index in [1.807, 2.05) is 23.9 Å². The minimum Gasteiger partial charge on any atom is -0.342 e. The van der Waals surface area contributed by atoms with E-state index < -0.39 is 0 Å². The van der Waals surface area contributed by atoms with Gasteiger partial charge in [-0.05, 0) is 56.5 Å². The summed E-state index contributed by atoms with van der Waals surface area (Å²) in [6.07, 6.45) is 6.51. The Morgan fingerprint density at radius 1 is 0.906 bits per heavy atom. The van der Waals surface area contributed by atoms with Crippen molar-refractivity contribution in [2.75, 3.05) is 62.6 Å². The van der Waals surface area contributed by atoms with Gasteiger partial charge in [0, 0.05) is 55.8 Å². The second-order valence-electron chi connectivity index (χ2n) is 9.43. The molecular formula is C25H38N4O2S. The van der Waals surface area contributed by atoms with Crippen molar-refractivity contribution in [1.29, 1.82) is 0 Å². The molecule has 0 aliphatic carbocycles. The Kier molecular flexibility index (Phi) is 8.88. The van der Waals surface area contributed by atoms with Gasteiger partial charge in [0.15, 0.2) is 0 Å². The van der Waals surface area contributed by atoms with Crippen LogP contribution in [0.4, 0.5) is 5.69 Å². The largest absolute Gasteiger partial charge is 0.342 e. The lowest BCUT2D eigenvalue weighted by molar-refractivity contribution is -0.137. The molecule has 0 unspecified atom stereocenters. The van der Waals surface area contributed by atoms with Crippen molar-refractivity contribution in [2.24, 2.45) is 5.92 Å². The first-order valence-electron chi connectivity index (χ1n) is 12.4. The molecule has 4 rings (SSSR count). The molecule has 3 heterocycles. The molecule has 0 saturated carbocycles. The fourth-order valence-electron chi connectivity index (χ4n) is 5.06. The van der Waals surface area contributed by atoms with Crippen LogP contribution in [0.1, 0.15) is 44.1 Å². The maximum atomic E-state index is 12.9. The molecule has 3 aliphatic rings. The summed E-state index contributed by atoms with van der Waals surface area (Å²) in [7, 11) is 0. The van der Waals surface area contributed by atoms with Crippen LogP contribution in [0, 0.1) is 5.92 Å². The highest BCUT2D eigenvalue weighted by Crippen LogP contribution is 2.22. The Hall–Kier alpha value is -1.57. The van der Waals surface area contributed by atoms with Crippen molar-refractivity contribution in [1.82, 2.24) is 14.7 Å². The van der Waals surface area contributed by atoms with Gasteiger partial charge in [-0.25, -0.2) is 0 Å². The summed E-state index contributed by atoms with van der Waals surface area (Å²) in [5.41, 5.74) is 2.13. The van der Waals surface area contributed by atoms with Crippen LogP contribution in [0.25, 0.3) is 0 Å². The van der Waals surface area contributed by atoms with Crippen molar-refractivity contribution < 1.29 is 9.59 Å². The van der Waals surface area contributed by atoms with E-state index >= 15 is 0 Å². The van der Waals surface area contributed by atoms with Gasteiger partial charge in [0.25, 0.3) is 0 Å². The number of amides is 2. The van der Waals surface area contributed by atoms with Crippen LogP contribution in [0.3, 0.4) is 0 Å². The molecule has 3 fully saturated rings. The molecule has 1 N–H and O–H groups in total. The van der Waals surface area contributed by atoms with Gasteiger partial charge >= 0.3 is 0 Å². The number of nitrogens with one attached hydrogen (secondary N) is 1. The molecule has 3 saturated heterocycles. The van der Waals surface area contributed by atoms with E-state index in [0.717, 1.165) is 77.2 Å². The Balaban J connectivity index is 1.20. The third-order valence-electron chi connectivity index (χ3n) is 6.94. The summed E-state index contributed by atoms with van der Waals surface area (Å²) in [6, 6.07) is 8.25. The molecule has 3 aliphatic heterocycles. The molecule has 7 heteroatoms. The summed E-state index contributed by atoms with van der Waals surface area (Å²) in [6.45, 7) is 7.12. The number of rotatable bonds is 6. The lowest BCUT2D eigenvalue weighted by Gasteiger charge is -2.33. The van der Waals surface area contributed by atoms with E-state index in [9.17, 15) is 9.59 Å². The summed E-state index contributed by atoms with van der Waals surface area (Å²) >= 11 is 2.02. The Bertz CT molecular complexity index is 752. The van der Waals surface area contributed by atoms with Crippen LogP contribution in [-0.2, 0) is 16.1 Å². The fraction of sp³-hybridized carbons (Fsp3) is 0.680. The van der Waals surface area contributed by atoms with Crippen molar-refractivity contribution in [3.05, 3.63) is 29.8 Å². The standard InChI is InChI=1S/C25H38N4O2S/c30-24(26-23-7-5-6-21(18-23)19-28-14-16-32-17-15-28)20-27-12-8-22(9-13-27)25(31)29-10-3-1-2-4-11-29/h5-7,18,22H,1-4,8-17,19-20H2,(H,26,30). The normalized spacial score (nSPS) is 21.8. The maximum Gasteiger partial charge on any atom is 0.238 e.